The predicted molar refractivity (Wildman–Crippen MR) is 69.0 cm³/mol. The van der Waals surface area contributed by atoms with Crippen LogP contribution in [0.3, 0.4) is 0 Å². The molecule has 0 radical (unpaired) electrons. The number of hydrogen-bond acceptors (Lipinski definition) is 4. The van der Waals surface area contributed by atoms with Gasteiger partial charge in [-0.2, -0.15) is 8.42 Å². The lowest BCUT2D eigenvalue weighted by atomic mass is 10.1. The average Bonchev–Trinajstić information content (AvgIpc) is 2.30. The summed E-state index contributed by atoms with van der Waals surface area (Å²) in [7, 11) is -4.02. The van der Waals surface area contributed by atoms with Gasteiger partial charge in [0, 0.05) is 12.6 Å². The lowest BCUT2D eigenvalue weighted by Crippen LogP contribution is -2.30. The lowest BCUT2D eigenvalue weighted by Gasteiger charge is -2.16. The van der Waals surface area contributed by atoms with Crippen LogP contribution in [0.5, 0.6) is 0 Å². The Morgan fingerprint density at radius 2 is 1.94 bits per heavy atom. The van der Waals surface area contributed by atoms with E-state index in [1.165, 1.54) is 12.1 Å². The third kappa shape index (κ3) is 5.59. The molecule has 5 nitrogen and oxygen atoms in total. The highest BCUT2D eigenvalue weighted by molar-refractivity contribution is 7.85. The third-order valence-corrected chi connectivity index (χ3v) is 3.38. The third-order valence-electron chi connectivity index (χ3n) is 2.51. The molecule has 0 aliphatic carbocycles. The van der Waals surface area contributed by atoms with Crippen LogP contribution < -0.4 is 5.73 Å². The highest BCUT2D eigenvalue weighted by Crippen LogP contribution is 2.08. The lowest BCUT2D eigenvalue weighted by molar-refractivity contribution is 0.0822. The molecule has 1 aliphatic heterocycles. The van der Waals surface area contributed by atoms with Crippen molar-refractivity contribution in [1.29, 1.82) is 0 Å². The van der Waals surface area contributed by atoms with E-state index in [0.29, 0.717) is 6.04 Å². The number of aryl methyl sites for hydroxylation is 1. The molecule has 0 amide bonds. The predicted octanol–water partition coefficient (Wildman–Crippen LogP) is 1.37. The van der Waals surface area contributed by atoms with Crippen LogP contribution in [0.25, 0.3) is 0 Å². The SMILES string of the molecule is Cc1ccc(S(=O)(=O)O)cc1.NC1CCCOC1. The van der Waals surface area contributed by atoms with E-state index in [0.717, 1.165) is 31.6 Å². The molecule has 6 heteroatoms. The van der Waals surface area contributed by atoms with Gasteiger partial charge in [0.05, 0.1) is 11.5 Å². The highest BCUT2D eigenvalue weighted by atomic mass is 32.2. The molecule has 1 saturated heterocycles. The minimum Gasteiger partial charge on any atom is -0.380 e. The van der Waals surface area contributed by atoms with Crippen LogP contribution in [0.15, 0.2) is 29.2 Å². The topological polar surface area (TPSA) is 89.6 Å². The summed E-state index contributed by atoms with van der Waals surface area (Å²) >= 11 is 0. The summed E-state index contributed by atoms with van der Waals surface area (Å²) in [4.78, 5) is -0.0666. The normalized spacial score (nSPS) is 19.8. The second kappa shape index (κ2) is 6.84. The second-order valence-electron chi connectivity index (χ2n) is 4.27. The Hall–Kier alpha value is -0.950. The van der Waals surface area contributed by atoms with E-state index in [1.807, 2.05) is 6.92 Å². The van der Waals surface area contributed by atoms with Gasteiger partial charge in [-0.15, -0.1) is 0 Å². The Labute approximate surface area is 108 Å². The molecule has 0 saturated carbocycles. The summed E-state index contributed by atoms with van der Waals surface area (Å²) in [5.41, 5.74) is 6.47. The summed E-state index contributed by atoms with van der Waals surface area (Å²) in [5.74, 6) is 0. The fourth-order valence-corrected chi connectivity index (χ4v) is 1.96. The summed E-state index contributed by atoms with van der Waals surface area (Å²) in [6, 6.07) is 6.30. The van der Waals surface area contributed by atoms with Crippen molar-refractivity contribution in [2.75, 3.05) is 13.2 Å². The monoisotopic (exact) mass is 273 g/mol. The molecule has 1 aromatic carbocycles. The van der Waals surface area contributed by atoms with Crippen molar-refractivity contribution >= 4 is 10.1 Å². The van der Waals surface area contributed by atoms with E-state index < -0.39 is 10.1 Å². The first-order chi connectivity index (χ1) is 8.39. The Morgan fingerprint density at radius 1 is 1.33 bits per heavy atom. The van der Waals surface area contributed by atoms with Crippen molar-refractivity contribution in [1.82, 2.24) is 0 Å². The smallest absolute Gasteiger partial charge is 0.294 e. The number of nitrogens with two attached hydrogens (primary N) is 1. The van der Waals surface area contributed by atoms with Gasteiger partial charge in [0.25, 0.3) is 10.1 Å². The summed E-state index contributed by atoms with van der Waals surface area (Å²) < 4.78 is 34.6. The molecule has 1 atom stereocenters. The van der Waals surface area contributed by atoms with Crippen LogP contribution in [-0.2, 0) is 14.9 Å². The molecule has 2 rings (SSSR count). The van der Waals surface area contributed by atoms with Crippen molar-refractivity contribution < 1.29 is 17.7 Å². The number of hydrogen-bond donors (Lipinski definition) is 2. The molecule has 0 aromatic heterocycles. The van der Waals surface area contributed by atoms with Crippen molar-refractivity contribution in [2.24, 2.45) is 5.73 Å². The summed E-state index contributed by atoms with van der Waals surface area (Å²) in [6.45, 7) is 3.52. The van der Waals surface area contributed by atoms with Gasteiger partial charge >= 0.3 is 0 Å². The first kappa shape index (κ1) is 15.1. The summed E-state index contributed by atoms with van der Waals surface area (Å²) in [5, 5.41) is 0. The van der Waals surface area contributed by atoms with Gasteiger partial charge in [-0.05, 0) is 31.9 Å². The molecule has 1 heterocycles. The van der Waals surface area contributed by atoms with E-state index in [1.54, 1.807) is 12.1 Å². The van der Waals surface area contributed by atoms with Gasteiger partial charge in [-0.1, -0.05) is 17.7 Å². The molecule has 0 spiro atoms. The van der Waals surface area contributed by atoms with E-state index >= 15 is 0 Å². The zero-order valence-electron chi connectivity index (χ0n) is 10.4. The van der Waals surface area contributed by atoms with Crippen LogP contribution in [0.1, 0.15) is 18.4 Å². The number of rotatable bonds is 1. The maximum Gasteiger partial charge on any atom is 0.294 e. The van der Waals surface area contributed by atoms with E-state index in [9.17, 15) is 8.42 Å². The minimum absolute atomic E-state index is 0.0666. The first-order valence-electron chi connectivity index (χ1n) is 5.77. The fourth-order valence-electron chi connectivity index (χ4n) is 1.48. The Bertz CT molecular complexity index is 449. The van der Waals surface area contributed by atoms with E-state index in [4.69, 9.17) is 15.0 Å². The molecule has 1 aliphatic rings. The first-order valence-corrected chi connectivity index (χ1v) is 7.21. The van der Waals surface area contributed by atoms with Crippen molar-refractivity contribution in [3.8, 4) is 0 Å². The standard InChI is InChI=1S/C7H8O3S.C5H11NO/c1-6-2-4-7(5-3-6)11(8,9)10;6-5-2-1-3-7-4-5/h2-5H,1H3,(H,8,9,10);5H,1-4,6H2. The minimum atomic E-state index is -4.02. The molecule has 0 bridgehead atoms. The molecule has 1 fully saturated rings. The van der Waals surface area contributed by atoms with Crippen LogP contribution in [0, 0.1) is 6.92 Å². The van der Waals surface area contributed by atoms with E-state index in [2.05, 4.69) is 0 Å². The van der Waals surface area contributed by atoms with Crippen molar-refractivity contribution in [3.05, 3.63) is 29.8 Å². The van der Waals surface area contributed by atoms with Gasteiger partial charge in [-0.25, -0.2) is 0 Å². The number of ether oxygens (including phenoxy) is 1. The molecule has 1 aromatic rings. The van der Waals surface area contributed by atoms with Gasteiger partial charge in [0.1, 0.15) is 0 Å². The van der Waals surface area contributed by atoms with Crippen molar-refractivity contribution in [2.45, 2.75) is 30.7 Å². The molecular weight excluding hydrogens is 254 g/mol. The van der Waals surface area contributed by atoms with Crippen LogP contribution in [-0.4, -0.2) is 32.2 Å². The maximum atomic E-state index is 10.5. The molecule has 102 valence electrons. The van der Waals surface area contributed by atoms with Crippen LogP contribution >= 0.6 is 0 Å². The van der Waals surface area contributed by atoms with Gasteiger partial charge < -0.3 is 10.5 Å². The van der Waals surface area contributed by atoms with Gasteiger partial charge in [0.2, 0.25) is 0 Å². The Balaban J connectivity index is 0.000000199. The maximum absolute atomic E-state index is 10.5. The molecule has 1 unspecified atom stereocenters. The Morgan fingerprint density at radius 3 is 2.28 bits per heavy atom. The van der Waals surface area contributed by atoms with Gasteiger partial charge in [0.15, 0.2) is 0 Å². The average molecular weight is 273 g/mol. The quantitative estimate of drug-likeness (QED) is 0.754. The molecule has 3 N–H and O–H groups in total. The van der Waals surface area contributed by atoms with Crippen LogP contribution in [0.4, 0.5) is 0 Å². The Kier molecular flexibility index (Phi) is 5.74. The second-order valence-corrected chi connectivity index (χ2v) is 5.69. The van der Waals surface area contributed by atoms with Crippen molar-refractivity contribution in [3.63, 3.8) is 0 Å². The summed E-state index contributed by atoms with van der Waals surface area (Å²) in [6.07, 6.45) is 2.28. The fraction of sp³-hybridized carbons (Fsp3) is 0.500. The van der Waals surface area contributed by atoms with Crippen LogP contribution in [0.2, 0.25) is 0 Å². The van der Waals surface area contributed by atoms with Gasteiger partial charge in [-0.3, -0.25) is 4.55 Å². The molecular formula is C12H19NO4S. The molecule has 18 heavy (non-hydrogen) atoms. The number of benzene rings is 1. The van der Waals surface area contributed by atoms with E-state index in [-0.39, 0.29) is 4.90 Å². The zero-order valence-corrected chi connectivity index (χ0v) is 11.2. The largest absolute Gasteiger partial charge is 0.380 e. The zero-order chi connectivity index (χ0) is 13.6. The highest BCUT2D eigenvalue weighted by Gasteiger charge is 2.07.